The molecule has 3 rings (SSSR count). The van der Waals surface area contributed by atoms with E-state index in [1.807, 2.05) is 31.2 Å². The van der Waals surface area contributed by atoms with E-state index in [-0.39, 0.29) is 18.7 Å². The van der Waals surface area contributed by atoms with Crippen LogP contribution >= 0.6 is 0 Å². The van der Waals surface area contributed by atoms with Crippen molar-refractivity contribution in [2.45, 2.75) is 19.6 Å². The Hall–Kier alpha value is -2.73. The number of hydrogen-bond donors (Lipinski definition) is 1. The molecule has 0 aliphatic rings. The summed E-state index contributed by atoms with van der Waals surface area (Å²) in [6.07, 6.45) is -0.857. The number of benzene rings is 2. The molecular formula is C17H17N3O3. The average molecular weight is 311 g/mol. The van der Waals surface area contributed by atoms with Gasteiger partial charge in [-0.25, -0.2) is 4.68 Å². The lowest BCUT2D eigenvalue weighted by Gasteiger charge is -2.13. The highest BCUT2D eigenvalue weighted by Gasteiger charge is 2.11. The van der Waals surface area contributed by atoms with Crippen molar-refractivity contribution in [3.05, 3.63) is 64.4 Å². The fourth-order valence-electron chi connectivity index (χ4n) is 2.22. The highest BCUT2D eigenvalue weighted by atomic mass is 16.5. The van der Waals surface area contributed by atoms with Gasteiger partial charge in [0.2, 0.25) is 0 Å². The SMILES string of the molecule is Cc1ccc(OC[C@H](O)Cn2nnc3ccccc3c2=O)cc1. The number of aryl methyl sites for hydroxylation is 1. The summed E-state index contributed by atoms with van der Waals surface area (Å²) >= 11 is 0. The van der Waals surface area contributed by atoms with E-state index in [0.717, 1.165) is 10.2 Å². The maximum atomic E-state index is 12.3. The van der Waals surface area contributed by atoms with Crippen LogP contribution in [0.15, 0.2) is 53.3 Å². The van der Waals surface area contributed by atoms with Crippen molar-refractivity contribution in [2.24, 2.45) is 0 Å². The standard InChI is InChI=1S/C17H17N3O3/c1-12-6-8-14(9-7-12)23-11-13(21)10-20-17(22)15-4-2-3-5-16(15)18-19-20/h2-9,13,21H,10-11H2,1H3/t13-/m1/s1. The smallest absolute Gasteiger partial charge is 0.277 e. The van der Waals surface area contributed by atoms with Crippen LogP contribution < -0.4 is 10.3 Å². The number of hydrogen-bond acceptors (Lipinski definition) is 5. The monoisotopic (exact) mass is 311 g/mol. The Labute approximate surface area is 133 Å². The summed E-state index contributed by atoms with van der Waals surface area (Å²) in [5.41, 5.74) is 1.40. The van der Waals surface area contributed by atoms with Gasteiger partial charge in [0, 0.05) is 0 Å². The lowest BCUT2D eigenvalue weighted by Crippen LogP contribution is -2.32. The third-order valence-electron chi connectivity index (χ3n) is 3.48. The molecule has 23 heavy (non-hydrogen) atoms. The van der Waals surface area contributed by atoms with Gasteiger partial charge in [-0.1, -0.05) is 35.0 Å². The van der Waals surface area contributed by atoms with E-state index in [9.17, 15) is 9.90 Å². The van der Waals surface area contributed by atoms with E-state index in [4.69, 9.17) is 4.74 Å². The fraction of sp³-hybridized carbons (Fsp3) is 0.235. The van der Waals surface area contributed by atoms with Gasteiger partial charge in [-0.3, -0.25) is 4.79 Å². The largest absolute Gasteiger partial charge is 0.491 e. The quantitative estimate of drug-likeness (QED) is 0.773. The second kappa shape index (κ2) is 6.58. The number of ether oxygens (including phenoxy) is 1. The number of nitrogens with zero attached hydrogens (tertiary/aromatic N) is 3. The van der Waals surface area contributed by atoms with Crippen LogP contribution in [-0.4, -0.2) is 32.8 Å². The molecule has 3 aromatic rings. The molecule has 0 saturated carbocycles. The van der Waals surface area contributed by atoms with Crippen molar-refractivity contribution in [1.29, 1.82) is 0 Å². The molecule has 1 atom stereocenters. The minimum atomic E-state index is -0.857. The van der Waals surface area contributed by atoms with Gasteiger partial charge in [0.25, 0.3) is 5.56 Å². The van der Waals surface area contributed by atoms with Crippen LogP contribution in [0.4, 0.5) is 0 Å². The average Bonchev–Trinajstić information content (AvgIpc) is 2.57. The van der Waals surface area contributed by atoms with Gasteiger partial charge in [0.05, 0.1) is 11.9 Å². The molecule has 1 heterocycles. The summed E-state index contributed by atoms with van der Waals surface area (Å²) in [5.74, 6) is 0.673. The second-order valence-corrected chi connectivity index (χ2v) is 5.37. The summed E-state index contributed by atoms with van der Waals surface area (Å²) < 4.78 is 6.67. The Balaban J connectivity index is 1.68. The van der Waals surface area contributed by atoms with Crippen LogP contribution in [-0.2, 0) is 6.54 Å². The van der Waals surface area contributed by atoms with Crippen molar-refractivity contribution >= 4 is 10.9 Å². The van der Waals surface area contributed by atoms with Crippen molar-refractivity contribution in [3.63, 3.8) is 0 Å². The van der Waals surface area contributed by atoms with Crippen molar-refractivity contribution < 1.29 is 9.84 Å². The molecule has 118 valence electrons. The lowest BCUT2D eigenvalue weighted by molar-refractivity contribution is 0.0873. The first kappa shape index (κ1) is 15.2. The Morgan fingerprint density at radius 2 is 1.91 bits per heavy atom. The van der Waals surface area contributed by atoms with Gasteiger partial charge in [-0.05, 0) is 31.2 Å². The second-order valence-electron chi connectivity index (χ2n) is 5.37. The lowest BCUT2D eigenvalue weighted by atomic mass is 10.2. The van der Waals surface area contributed by atoms with Crippen molar-refractivity contribution in [1.82, 2.24) is 15.0 Å². The molecule has 1 N–H and O–H groups in total. The fourth-order valence-corrected chi connectivity index (χ4v) is 2.22. The minimum Gasteiger partial charge on any atom is -0.491 e. The summed E-state index contributed by atoms with van der Waals surface area (Å²) in [7, 11) is 0. The summed E-state index contributed by atoms with van der Waals surface area (Å²) in [6, 6.07) is 14.5. The zero-order valence-corrected chi connectivity index (χ0v) is 12.7. The molecule has 0 fully saturated rings. The van der Waals surface area contributed by atoms with Crippen LogP contribution in [0.25, 0.3) is 10.9 Å². The Bertz CT molecular complexity index is 859. The maximum absolute atomic E-state index is 12.3. The molecular weight excluding hydrogens is 294 g/mol. The molecule has 0 aliphatic carbocycles. The molecule has 0 bridgehead atoms. The van der Waals surface area contributed by atoms with Crippen molar-refractivity contribution in [2.75, 3.05) is 6.61 Å². The molecule has 0 radical (unpaired) electrons. The van der Waals surface area contributed by atoms with Crippen LogP contribution in [0.1, 0.15) is 5.56 Å². The molecule has 0 saturated heterocycles. The topological polar surface area (TPSA) is 77.2 Å². The first-order valence-corrected chi connectivity index (χ1v) is 7.33. The summed E-state index contributed by atoms with van der Waals surface area (Å²) in [4.78, 5) is 12.3. The minimum absolute atomic E-state index is 0.0303. The zero-order valence-electron chi connectivity index (χ0n) is 12.7. The van der Waals surface area contributed by atoms with Gasteiger partial charge in [0.1, 0.15) is 24.0 Å². The van der Waals surface area contributed by atoms with E-state index in [2.05, 4.69) is 10.3 Å². The summed E-state index contributed by atoms with van der Waals surface area (Å²) in [6.45, 7) is 2.09. The number of aliphatic hydroxyl groups is 1. The van der Waals surface area contributed by atoms with Crippen LogP contribution in [0.3, 0.4) is 0 Å². The van der Waals surface area contributed by atoms with E-state index < -0.39 is 6.10 Å². The highest BCUT2D eigenvalue weighted by molar-refractivity contribution is 5.76. The number of aromatic nitrogens is 3. The van der Waals surface area contributed by atoms with E-state index in [1.165, 1.54) is 0 Å². The highest BCUT2D eigenvalue weighted by Crippen LogP contribution is 2.11. The molecule has 1 aromatic heterocycles. The number of rotatable bonds is 5. The molecule has 6 nitrogen and oxygen atoms in total. The van der Waals surface area contributed by atoms with Crippen molar-refractivity contribution in [3.8, 4) is 5.75 Å². The molecule has 2 aromatic carbocycles. The van der Waals surface area contributed by atoms with E-state index in [1.54, 1.807) is 24.3 Å². The first-order chi connectivity index (χ1) is 11.1. The Kier molecular flexibility index (Phi) is 4.34. The van der Waals surface area contributed by atoms with Gasteiger partial charge < -0.3 is 9.84 Å². The first-order valence-electron chi connectivity index (χ1n) is 7.33. The van der Waals surface area contributed by atoms with Crippen LogP contribution in [0.5, 0.6) is 5.75 Å². The molecule has 0 unspecified atom stereocenters. The van der Waals surface area contributed by atoms with Gasteiger partial charge in [0.15, 0.2) is 0 Å². The maximum Gasteiger partial charge on any atom is 0.277 e. The Morgan fingerprint density at radius 1 is 1.17 bits per heavy atom. The predicted octanol–water partition coefficient (Wildman–Crippen LogP) is 1.54. The van der Waals surface area contributed by atoms with E-state index in [0.29, 0.717) is 16.7 Å². The third kappa shape index (κ3) is 3.54. The summed E-state index contributed by atoms with van der Waals surface area (Å²) in [5, 5.41) is 18.4. The Morgan fingerprint density at radius 3 is 2.70 bits per heavy atom. The van der Waals surface area contributed by atoms with Gasteiger partial charge in [-0.2, -0.15) is 0 Å². The predicted molar refractivity (Wildman–Crippen MR) is 86.5 cm³/mol. The normalized spacial score (nSPS) is 12.3. The van der Waals surface area contributed by atoms with Crippen LogP contribution in [0, 0.1) is 6.92 Å². The van der Waals surface area contributed by atoms with Crippen LogP contribution in [0.2, 0.25) is 0 Å². The number of aliphatic hydroxyl groups excluding tert-OH is 1. The zero-order chi connectivity index (χ0) is 16.2. The molecule has 0 aliphatic heterocycles. The molecule has 0 amide bonds. The van der Waals surface area contributed by atoms with Gasteiger partial charge in [-0.15, -0.1) is 5.10 Å². The van der Waals surface area contributed by atoms with E-state index >= 15 is 0 Å². The molecule has 6 heteroatoms. The molecule has 0 spiro atoms. The number of fused-ring (bicyclic) bond motifs is 1. The third-order valence-corrected chi connectivity index (χ3v) is 3.48. The van der Waals surface area contributed by atoms with Gasteiger partial charge >= 0.3 is 0 Å².